The Bertz CT molecular complexity index is 1000. The maximum atomic E-state index is 12.8. The SMILES string of the molecule is C[C@@H]1OC(c2ccc(OCCCO)cc2)=N[C@]1(Cc1ccccc1N=[N+]=[N-])C(=O)NN. The molecule has 4 N–H and O–H groups in total. The summed E-state index contributed by atoms with van der Waals surface area (Å²) in [7, 11) is 0. The molecule has 31 heavy (non-hydrogen) atoms. The molecule has 0 aliphatic carbocycles. The third kappa shape index (κ3) is 4.77. The van der Waals surface area contributed by atoms with Crippen LogP contribution in [0.1, 0.15) is 24.5 Å². The number of benzene rings is 2. The van der Waals surface area contributed by atoms with Gasteiger partial charge in [0.1, 0.15) is 11.9 Å². The summed E-state index contributed by atoms with van der Waals surface area (Å²) in [5.41, 5.74) is 11.4. The first-order chi connectivity index (χ1) is 15.0. The van der Waals surface area contributed by atoms with E-state index in [2.05, 4.69) is 20.4 Å². The van der Waals surface area contributed by atoms with E-state index in [0.29, 0.717) is 41.5 Å². The summed E-state index contributed by atoms with van der Waals surface area (Å²) < 4.78 is 11.5. The number of carbonyl (C=O) groups excluding carboxylic acids is 1. The summed E-state index contributed by atoms with van der Waals surface area (Å²) in [4.78, 5) is 20.3. The summed E-state index contributed by atoms with van der Waals surface area (Å²) >= 11 is 0. The van der Waals surface area contributed by atoms with Gasteiger partial charge in [0.15, 0.2) is 5.54 Å². The van der Waals surface area contributed by atoms with Gasteiger partial charge in [0.2, 0.25) is 5.90 Å². The lowest BCUT2D eigenvalue weighted by molar-refractivity contribution is -0.128. The van der Waals surface area contributed by atoms with Crippen molar-refractivity contribution in [1.82, 2.24) is 5.43 Å². The number of rotatable bonds is 9. The minimum atomic E-state index is -1.33. The van der Waals surface area contributed by atoms with Crippen LogP contribution in [0, 0.1) is 0 Å². The lowest BCUT2D eigenvalue weighted by atomic mass is 9.85. The van der Waals surface area contributed by atoms with Gasteiger partial charge in [-0.1, -0.05) is 29.4 Å². The monoisotopic (exact) mass is 424 g/mol. The highest BCUT2D eigenvalue weighted by Crippen LogP contribution is 2.35. The first-order valence-electron chi connectivity index (χ1n) is 9.78. The zero-order valence-corrected chi connectivity index (χ0v) is 17.1. The zero-order chi connectivity index (χ0) is 22.3. The number of hydrazine groups is 1. The number of carbonyl (C=O) groups is 1. The Labute approximate surface area is 179 Å². The Kier molecular flexibility index (Phi) is 7.09. The van der Waals surface area contributed by atoms with Crippen molar-refractivity contribution in [2.75, 3.05) is 13.2 Å². The minimum absolute atomic E-state index is 0.0642. The number of aliphatic imine (C=N–C) groups is 1. The van der Waals surface area contributed by atoms with E-state index >= 15 is 0 Å². The van der Waals surface area contributed by atoms with Crippen molar-refractivity contribution >= 4 is 17.5 Å². The molecular weight excluding hydrogens is 400 g/mol. The number of nitrogens with one attached hydrogen (secondary N) is 1. The molecule has 0 aromatic heterocycles. The van der Waals surface area contributed by atoms with E-state index < -0.39 is 17.6 Å². The predicted molar refractivity (Wildman–Crippen MR) is 115 cm³/mol. The second kappa shape index (κ2) is 9.94. The maximum Gasteiger partial charge on any atom is 0.266 e. The molecule has 0 bridgehead atoms. The van der Waals surface area contributed by atoms with Crippen LogP contribution in [0.15, 0.2) is 58.6 Å². The summed E-state index contributed by atoms with van der Waals surface area (Å²) in [6, 6.07) is 14.1. The molecule has 1 aliphatic heterocycles. The Hall–Kier alpha value is -3.59. The molecule has 2 atom stereocenters. The Morgan fingerprint density at radius 3 is 2.77 bits per heavy atom. The Balaban J connectivity index is 1.92. The number of ether oxygens (including phenoxy) is 2. The van der Waals surface area contributed by atoms with Crippen LogP contribution in [0.25, 0.3) is 10.4 Å². The quantitative estimate of drug-likeness (QED) is 0.107. The van der Waals surface area contributed by atoms with Gasteiger partial charge in [-0.3, -0.25) is 10.2 Å². The molecule has 0 spiro atoms. The van der Waals surface area contributed by atoms with Gasteiger partial charge in [0, 0.05) is 35.6 Å². The van der Waals surface area contributed by atoms with Crippen molar-refractivity contribution in [3.8, 4) is 5.75 Å². The van der Waals surface area contributed by atoms with Crippen molar-refractivity contribution in [3.63, 3.8) is 0 Å². The normalized spacial score (nSPS) is 19.7. The highest BCUT2D eigenvalue weighted by Gasteiger charge is 2.50. The maximum absolute atomic E-state index is 12.8. The molecule has 3 rings (SSSR count). The fourth-order valence-corrected chi connectivity index (χ4v) is 3.36. The third-order valence-corrected chi connectivity index (χ3v) is 5.06. The minimum Gasteiger partial charge on any atom is -0.494 e. The van der Waals surface area contributed by atoms with Crippen molar-refractivity contribution < 1.29 is 19.4 Å². The van der Waals surface area contributed by atoms with E-state index in [1.54, 1.807) is 55.5 Å². The van der Waals surface area contributed by atoms with Gasteiger partial charge in [-0.05, 0) is 42.3 Å². The number of hydrogen-bond donors (Lipinski definition) is 3. The number of nitrogens with zero attached hydrogens (tertiary/aromatic N) is 4. The van der Waals surface area contributed by atoms with Gasteiger partial charge in [-0.15, -0.1) is 0 Å². The van der Waals surface area contributed by atoms with Gasteiger partial charge in [-0.25, -0.2) is 10.8 Å². The molecule has 0 saturated carbocycles. The standard InChI is InChI=1S/C21H24N6O4/c1-14-21(20(29)25-22,13-16-5-2-3-6-18(16)26-27-23)24-19(31-14)15-7-9-17(10-8-15)30-12-4-11-28/h2-3,5-10,14,28H,4,11-13,22H2,1H3,(H,25,29)/t14-,21-/m0/s1. The highest BCUT2D eigenvalue weighted by molar-refractivity contribution is 6.00. The molecule has 1 amide bonds. The van der Waals surface area contributed by atoms with Crippen molar-refractivity contribution in [3.05, 3.63) is 70.1 Å². The number of aliphatic hydroxyl groups is 1. The molecule has 2 aromatic rings. The molecule has 10 heteroatoms. The first kappa shape index (κ1) is 22.1. The number of nitrogens with two attached hydrogens (primary N) is 1. The van der Waals surface area contributed by atoms with E-state index in [-0.39, 0.29) is 13.0 Å². The molecule has 10 nitrogen and oxygen atoms in total. The van der Waals surface area contributed by atoms with E-state index in [1.165, 1.54) is 0 Å². The summed E-state index contributed by atoms with van der Waals surface area (Å²) in [5, 5.41) is 12.6. The highest BCUT2D eigenvalue weighted by atomic mass is 16.5. The van der Waals surface area contributed by atoms with Crippen molar-refractivity contribution in [2.24, 2.45) is 15.9 Å². The van der Waals surface area contributed by atoms with Crippen LogP contribution in [0.4, 0.5) is 5.69 Å². The molecule has 0 saturated heterocycles. The largest absolute Gasteiger partial charge is 0.494 e. The van der Waals surface area contributed by atoms with Crippen LogP contribution >= 0.6 is 0 Å². The van der Waals surface area contributed by atoms with Gasteiger partial charge < -0.3 is 14.6 Å². The number of azide groups is 1. The van der Waals surface area contributed by atoms with Crippen LogP contribution in [0.5, 0.6) is 5.75 Å². The van der Waals surface area contributed by atoms with Crippen LogP contribution < -0.4 is 16.0 Å². The van der Waals surface area contributed by atoms with Gasteiger partial charge in [0.25, 0.3) is 5.91 Å². The fraction of sp³-hybridized carbons (Fsp3) is 0.333. The predicted octanol–water partition coefficient (Wildman–Crippen LogP) is 2.53. The number of amides is 1. The van der Waals surface area contributed by atoms with E-state index in [9.17, 15) is 4.79 Å². The van der Waals surface area contributed by atoms with Crippen LogP contribution in [0.3, 0.4) is 0 Å². The molecule has 162 valence electrons. The average molecular weight is 424 g/mol. The topological polar surface area (TPSA) is 155 Å². The molecule has 2 aromatic carbocycles. The lowest BCUT2D eigenvalue weighted by Gasteiger charge is -2.27. The lowest BCUT2D eigenvalue weighted by Crippen LogP contribution is -2.54. The molecule has 1 aliphatic rings. The van der Waals surface area contributed by atoms with Crippen LogP contribution in [0.2, 0.25) is 0 Å². The summed E-state index contributed by atoms with van der Waals surface area (Å²) in [5.74, 6) is 5.92. The van der Waals surface area contributed by atoms with Crippen molar-refractivity contribution in [1.29, 1.82) is 0 Å². The summed E-state index contributed by atoms with van der Waals surface area (Å²) in [6.07, 6.45) is 0.0622. The molecule has 0 fully saturated rings. The first-order valence-corrected chi connectivity index (χ1v) is 9.78. The van der Waals surface area contributed by atoms with E-state index in [4.69, 9.17) is 26.0 Å². The molecule has 0 unspecified atom stereocenters. The van der Waals surface area contributed by atoms with Gasteiger partial charge in [0.05, 0.1) is 6.61 Å². The number of aliphatic hydroxyl groups excluding tert-OH is 1. The Morgan fingerprint density at radius 2 is 2.10 bits per heavy atom. The smallest absolute Gasteiger partial charge is 0.266 e. The van der Waals surface area contributed by atoms with E-state index in [0.717, 1.165) is 0 Å². The van der Waals surface area contributed by atoms with Gasteiger partial charge >= 0.3 is 0 Å². The second-order valence-electron chi connectivity index (χ2n) is 7.02. The van der Waals surface area contributed by atoms with Gasteiger partial charge in [-0.2, -0.15) is 0 Å². The average Bonchev–Trinajstić information content (AvgIpc) is 3.12. The zero-order valence-electron chi connectivity index (χ0n) is 17.1. The van der Waals surface area contributed by atoms with Crippen molar-refractivity contribution in [2.45, 2.75) is 31.4 Å². The van der Waals surface area contributed by atoms with E-state index in [1.807, 2.05) is 0 Å². The molecule has 1 heterocycles. The molecule has 0 radical (unpaired) electrons. The number of hydrogen-bond acceptors (Lipinski definition) is 7. The fourth-order valence-electron chi connectivity index (χ4n) is 3.36. The van der Waals surface area contributed by atoms with Crippen LogP contribution in [-0.4, -0.2) is 41.8 Å². The third-order valence-electron chi connectivity index (χ3n) is 5.06. The molecular formula is C21H24N6O4. The van der Waals surface area contributed by atoms with Crippen LogP contribution in [-0.2, 0) is 16.0 Å². The Morgan fingerprint density at radius 1 is 1.35 bits per heavy atom. The summed E-state index contributed by atoms with van der Waals surface area (Å²) in [6.45, 7) is 2.22. The second-order valence-corrected chi connectivity index (χ2v) is 7.02.